The van der Waals surface area contributed by atoms with E-state index in [1.54, 1.807) is 6.20 Å². The number of halogens is 1. The Morgan fingerprint density at radius 3 is 2.82 bits per heavy atom. The van der Waals surface area contributed by atoms with Crippen LogP contribution in [-0.4, -0.2) is 30.6 Å². The van der Waals surface area contributed by atoms with Crippen LogP contribution in [0.1, 0.15) is 23.2 Å². The van der Waals surface area contributed by atoms with Crippen molar-refractivity contribution < 1.29 is 9.53 Å². The van der Waals surface area contributed by atoms with E-state index >= 15 is 0 Å². The second kappa shape index (κ2) is 8.59. The number of carbonyl (C=O) groups is 1. The minimum absolute atomic E-state index is 0.108. The Kier molecular flexibility index (Phi) is 5.74. The van der Waals surface area contributed by atoms with Crippen molar-refractivity contribution in [3.8, 4) is 0 Å². The van der Waals surface area contributed by atoms with Crippen LogP contribution in [0.15, 0.2) is 54.7 Å². The second-order valence-corrected chi connectivity index (χ2v) is 7.43. The molecule has 2 aromatic carbocycles. The Morgan fingerprint density at radius 1 is 1.18 bits per heavy atom. The van der Waals surface area contributed by atoms with Crippen LogP contribution < -0.4 is 10.6 Å². The lowest BCUT2D eigenvalue weighted by Crippen LogP contribution is -2.33. The van der Waals surface area contributed by atoms with E-state index in [-0.39, 0.29) is 5.91 Å². The minimum Gasteiger partial charge on any atom is -0.381 e. The normalized spacial score (nSPS) is 16.7. The predicted octanol–water partition coefficient (Wildman–Crippen LogP) is 4.79. The molecule has 2 heterocycles. The molecule has 0 bridgehead atoms. The van der Waals surface area contributed by atoms with Crippen LogP contribution in [0.4, 0.5) is 11.5 Å². The van der Waals surface area contributed by atoms with Crippen molar-refractivity contribution in [1.29, 1.82) is 0 Å². The van der Waals surface area contributed by atoms with Crippen molar-refractivity contribution >= 4 is 39.8 Å². The smallest absolute Gasteiger partial charge is 0.253 e. The molecule has 4 rings (SSSR count). The molecule has 6 heteroatoms. The number of carbonyl (C=O) groups excluding carboxylic acids is 1. The third-order valence-corrected chi connectivity index (χ3v) is 5.17. The molecule has 0 spiro atoms. The fraction of sp³-hybridized carbons (Fsp3) is 0.273. The summed E-state index contributed by atoms with van der Waals surface area (Å²) in [5, 5.41) is 8.73. The Bertz CT molecular complexity index is 986. The molecule has 1 unspecified atom stereocenters. The highest BCUT2D eigenvalue weighted by Crippen LogP contribution is 2.28. The van der Waals surface area contributed by atoms with E-state index in [4.69, 9.17) is 16.3 Å². The SMILES string of the molecule is O=C(NCC1CCCOC1)c1cnc(Nc2cccc(Cl)c2)c2ccccc12. The van der Waals surface area contributed by atoms with E-state index in [0.717, 1.165) is 35.9 Å². The van der Waals surface area contributed by atoms with E-state index in [2.05, 4.69) is 15.6 Å². The number of nitrogens with one attached hydrogen (secondary N) is 2. The van der Waals surface area contributed by atoms with Crippen LogP contribution in [0.2, 0.25) is 5.02 Å². The lowest BCUT2D eigenvalue weighted by Gasteiger charge is -2.22. The third-order valence-electron chi connectivity index (χ3n) is 4.93. The van der Waals surface area contributed by atoms with Gasteiger partial charge in [-0.05, 0) is 42.3 Å². The molecule has 28 heavy (non-hydrogen) atoms. The Hall–Kier alpha value is -2.63. The first-order valence-electron chi connectivity index (χ1n) is 9.47. The van der Waals surface area contributed by atoms with Crippen LogP contribution in [0.25, 0.3) is 10.8 Å². The van der Waals surface area contributed by atoms with Gasteiger partial charge in [0, 0.05) is 35.4 Å². The Balaban J connectivity index is 1.57. The average Bonchev–Trinajstić information content (AvgIpc) is 2.73. The summed E-state index contributed by atoms with van der Waals surface area (Å²) in [6.07, 6.45) is 3.76. The van der Waals surface area contributed by atoms with Crippen molar-refractivity contribution in [3.05, 3.63) is 65.3 Å². The number of fused-ring (bicyclic) bond motifs is 1. The first kappa shape index (κ1) is 18.7. The molecule has 2 N–H and O–H groups in total. The molecule has 1 amide bonds. The molecule has 1 aliphatic heterocycles. The summed E-state index contributed by atoms with van der Waals surface area (Å²) in [4.78, 5) is 17.3. The number of amides is 1. The van der Waals surface area contributed by atoms with Gasteiger partial charge in [0.25, 0.3) is 5.91 Å². The standard InChI is InChI=1S/C22H22ClN3O2/c23-16-6-3-7-17(11-16)26-21-19-9-2-1-8-18(19)20(13-24-21)22(27)25-12-15-5-4-10-28-14-15/h1-3,6-9,11,13,15H,4-5,10,12,14H2,(H,24,26)(H,25,27). The highest BCUT2D eigenvalue weighted by atomic mass is 35.5. The maximum absolute atomic E-state index is 12.8. The fourth-order valence-corrected chi connectivity index (χ4v) is 3.67. The van der Waals surface area contributed by atoms with Gasteiger partial charge in [0.2, 0.25) is 0 Å². The van der Waals surface area contributed by atoms with Crippen molar-refractivity contribution in [2.24, 2.45) is 5.92 Å². The highest BCUT2D eigenvalue weighted by Gasteiger charge is 2.17. The fourth-order valence-electron chi connectivity index (χ4n) is 3.48. The minimum atomic E-state index is -0.108. The highest BCUT2D eigenvalue weighted by molar-refractivity contribution is 6.30. The summed E-state index contributed by atoms with van der Waals surface area (Å²) in [7, 11) is 0. The Morgan fingerprint density at radius 2 is 2.04 bits per heavy atom. The van der Waals surface area contributed by atoms with Crippen LogP contribution in [0, 0.1) is 5.92 Å². The van der Waals surface area contributed by atoms with Gasteiger partial charge >= 0.3 is 0 Å². The number of rotatable bonds is 5. The number of pyridine rings is 1. The van der Waals surface area contributed by atoms with E-state index in [1.165, 1.54) is 0 Å². The van der Waals surface area contributed by atoms with E-state index in [0.29, 0.717) is 35.5 Å². The third kappa shape index (κ3) is 4.26. The summed E-state index contributed by atoms with van der Waals surface area (Å²) in [5.74, 6) is 0.958. The molecular formula is C22H22ClN3O2. The van der Waals surface area contributed by atoms with Crippen molar-refractivity contribution in [1.82, 2.24) is 10.3 Å². The number of anilines is 2. The topological polar surface area (TPSA) is 63.2 Å². The lowest BCUT2D eigenvalue weighted by atomic mass is 10.0. The lowest BCUT2D eigenvalue weighted by molar-refractivity contribution is 0.0536. The van der Waals surface area contributed by atoms with Crippen LogP contribution in [-0.2, 0) is 4.74 Å². The summed E-state index contributed by atoms with van der Waals surface area (Å²) in [5.41, 5.74) is 1.42. The van der Waals surface area contributed by atoms with Crippen LogP contribution in [0.5, 0.6) is 0 Å². The van der Waals surface area contributed by atoms with Crippen molar-refractivity contribution in [2.45, 2.75) is 12.8 Å². The van der Waals surface area contributed by atoms with Gasteiger partial charge < -0.3 is 15.4 Å². The maximum atomic E-state index is 12.8. The van der Waals surface area contributed by atoms with Crippen molar-refractivity contribution in [3.63, 3.8) is 0 Å². The predicted molar refractivity (Wildman–Crippen MR) is 112 cm³/mol. The summed E-state index contributed by atoms with van der Waals surface area (Å²) in [6, 6.07) is 15.2. The summed E-state index contributed by atoms with van der Waals surface area (Å²) >= 11 is 6.07. The average molecular weight is 396 g/mol. The number of aromatic nitrogens is 1. The zero-order valence-corrected chi connectivity index (χ0v) is 16.2. The molecule has 1 saturated heterocycles. The molecule has 0 saturated carbocycles. The number of ether oxygens (including phenoxy) is 1. The number of benzene rings is 2. The molecule has 5 nitrogen and oxygen atoms in total. The molecule has 1 fully saturated rings. The molecule has 144 valence electrons. The molecule has 0 radical (unpaired) electrons. The summed E-state index contributed by atoms with van der Waals surface area (Å²) in [6.45, 7) is 2.15. The molecule has 0 aliphatic carbocycles. The maximum Gasteiger partial charge on any atom is 0.253 e. The van der Waals surface area contributed by atoms with E-state index in [9.17, 15) is 4.79 Å². The molecule has 1 aliphatic rings. The zero-order valence-electron chi connectivity index (χ0n) is 15.5. The number of hydrogen-bond acceptors (Lipinski definition) is 4. The van der Waals surface area contributed by atoms with Gasteiger partial charge in [0.05, 0.1) is 12.2 Å². The van der Waals surface area contributed by atoms with E-state index in [1.807, 2.05) is 48.5 Å². The molecule has 1 atom stereocenters. The van der Waals surface area contributed by atoms with E-state index < -0.39 is 0 Å². The van der Waals surface area contributed by atoms with Crippen LogP contribution >= 0.6 is 11.6 Å². The quantitative estimate of drug-likeness (QED) is 0.652. The first-order valence-corrected chi connectivity index (χ1v) is 9.85. The molecular weight excluding hydrogens is 374 g/mol. The molecule has 1 aromatic heterocycles. The Labute approximate surface area is 169 Å². The van der Waals surface area contributed by atoms with Gasteiger partial charge in [-0.25, -0.2) is 4.98 Å². The molecule has 3 aromatic rings. The number of hydrogen-bond donors (Lipinski definition) is 2. The van der Waals surface area contributed by atoms with Gasteiger partial charge in [-0.15, -0.1) is 0 Å². The second-order valence-electron chi connectivity index (χ2n) is 6.99. The van der Waals surface area contributed by atoms with Gasteiger partial charge in [0.1, 0.15) is 5.82 Å². The van der Waals surface area contributed by atoms with Crippen LogP contribution in [0.3, 0.4) is 0 Å². The first-order chi connectivity index (χ1) is 13.7. The van der Waals surface area contributed by atoms with Gasteiger partial charge in [-0.1, -0.05) is 41.9 Å². The van der Waals surface area contributed by atoms with Crippen molar-refractivity contribution in [2.75, 3.05) is 25.1 Å². The summed E-state index contributed by atoms with van der Waals surface area (Å²) < 4.78 is 5.49. The van der Waals surface area contributed by atoms with Gasteiger partial charge in [-0.3, -0.25) is 4.79 Å². The number of nitrogens with zero attached hydrogens (tertiary/aromatic N) is 1. The van der Waals surface area contributed by atoms with Gasteiger partial charge in [-0.2, -0.15) is 0 Å². The largest absolute Gasteiger partial charge is 0.381 e. The van der Waals surface area contributed by atoms with Gasteiger partial charge in [0.15, 0.2) is 0 Å². The monoisotopic (exact) mass is 395 g/mol. The zero-order chi connectivity index (χ0) is 19.3.